The van der Waals surface area contributed by atoms with E-state index < -0.39 is 11.7 Å². The van der Waals surface area contributed by atoms with Crippen molar-refractivity contribution < 1.29 is 22.5 Å². The fourth-order valence-corrected chi connectivity index (χ4v) is 5.39. The number of carbonyl (C=O) groups excluding carboxylic acids is 1. The quantitative estimate of drug-likeness (QED) is 0.282. The molecule has 2 N–H and O–H groups in total. The Morgan fingerprint density at radius 3 is 2.67 bits per heavy atom. The van der Waals surface area contributed by atoms with Gasteiger partial charge in [-0.25, -0.2) is 4.98 Å². The topological polar surface area (TPSA) is 103 Å². The van der Waals surface area contributed by atoms with E-state index in [9.17, 15) is 18.0 Å². The van der Waals surface area contributed by atoms with Crippen LogP contribution < -0.4 is 5.32 Å². The molecule has 0 spiro atoms. The fraction of sp³-hybridized carbons (Fsp3) is 0.259. The number of alkyl halides is 3. The Balaban J connectivity index is 0.988. The van der Waals surface area contributed by atoms with Gasteiger partial charge >= 0.3 is 6.18 Å². The van der Waals surface area contributed by atoms with Gasteiger partial charge in [0.05, 0.1) is 24.3 Å². The molecule has 5 aromatic rings. The zero-order valence-corrected chi connectivity index (χ0v) is 21.9. The number of carbonyl (C=O) groups is 1. The van der Waals surface area contributed by atoms with Crippen molar-refractivity contribution in [2.24, 2.45) is 0 Å². The normalized spacial score (nSPS) is 15.1. The SMILES string of the molecule is O=C(CN1CCN(Cc2nc(-c3cccc(C(F)(F)F)c3)no2)CC1)Nc1nc(-c2c[nH]c3ccccc23)cs1. The second kappa shape index (κ2) is 10.8. The van der Waals surface area contributed by atoms with Gasteiger partial charge in [0.25, 0.3) is 0 Å². The van der Waals surface area contributed by atoms with Crippen LogP contribution in [0.3, 0.4) is 0 Å². The van der Waals surface area contributed by atoms with Crippen molar-refractivity contribution in [3.8, 4) is 22.6 Å². The molecule has 0 radical (unpaired) electrons. The molecule has 0 saturated carbocycles. The second-order valence-corrected chi connectivity index (χ2v) is 10.3. The summed E-state index contributed by atoms with van der Waals surface area (Å²) in [6.45, 7) is 3.31. The van der Waals surface area contributed by atoms with Crippen LogP contribution in [0.4, 0.5) is 18.3 Å². The van der Waals surface area contributed by atoms with E-state index >= 15 is 0 Å². The van der Waals surface area contributed by atoms with Gasteiger partial charge in [0.15, 0.2) is 5.13 Å². The molecule has 2 aromatic carbocycles. The van der Waals surface area contributed by atoms with Gasteiger partial charge in [-0.2, -0.15) is 18.2 Å². The maximum absolute atomic E-state index is 13.0. The smallest absolute Gasteiger partial charge is 0.360 e. The monoisotopic (exact) mass is 567 g/mol. The van der Waals surface area contributed by atoms with Crippen LogP contribution in [-0.2, 0) is 17.5 Å². The van der Waals surface area contributed by atoms with Crippen molar-refractivity contribution in [1.82, 2.24) is 29.9 Å². The molecule has 6 rings (SSSR count). The largest absolute Gasteiger partial charge is 0.416 e. The first-order valence-electron chi connectivity index (χ1n) is 12.6. The van der Waals surface area contributed by atoms with Crippen molar-refractivity contribution >= 4 is 33.3 Å². The molecule has 1 amide bonds. The summed E-state index contributed by atoms with van der Waals surface area (Å²) < 4.78 is 44.3. The van der Waals surface area contributed by atoms with Crippen LogP contribution in [0.2, 0.25) is 0 Å². The summed E-state index contributed by atoms with van der Waals surface area (Å²) in [5.41, 5.74) is 2.32. The second-order valence-electron chi connectivity index (χ2n) is 9.48. The Kier molecular flexibility index (Phi) is 7.09. The molecule has 1 saturated heterocycles. The van der Waals surface area contributed by atoms with Gasteiger partial charge < -0.3 is 14.8 Å². The Bertz CT molecular complexity index is 1640. The number of hydrogen-bond acceptors (Lipinski definition) is 8. The average Bonchev–Trinajstić information content (AvgIpc) is 3.69. The van der Waals surface area contributed by atoms with E-state index in [4.69, 9.17) is 4.52 Å². The van der Waals surface area contributed by atoms with Crippen LogP contribution in [0.25, 0.3) is 33.5 Å². The molecular formula is C27H24F3N7O2S. The van der Waals surface area contributed by atoms with Crippen molar-refractivity contribution in [2.75, 3.05) is 38.0 Å². The molecule has 0 unspecified atom stereocenters. The van der Waals surface area contributed by atoms with E-state index in [1.165, 1.54) is 23.5 Å². The van der Waals surface area contributed by atoms with Crippen molar-refractivity contribution in [3.05, 3.63) is 71.6 Å². The first-order valence-corrected chi connectivity index (χ1v) is 13.5. The highest BCUT2D eigenvalue weighted by Gasteiger charge is 2.31. The number of anilines is 1. The van der Waals surface area contributed by atoms with E-state index in [1.807, 2.05) is 35.8 Å². The highest BCUT2D eigenvalue weighted by atomic mass is 32.1. The predicted molar refractivity (Wildman–Crippen MR) is 144 cm³/mol. The number of hydrogen-bond donors (Lipinski definition) is 2. The van der Waals surface area contributed by atoms with E-state index in [2.05, 4.69) is 35.2 Å². The van der Waals surface area contributed by atoms with Crippen molar-refractivity contribution in [3.63, 3.8) is 0 Å². The summed E-state index contributed by atoms with van der Waals surface area (Å²) in [5, 5.41) is 10.3. The van der Waals surface area contributed by atoms with Crippen molar-refractivity contribution in [2.45, 2.75) is 12.7 Å². The minimum absolute atomic E-state index is 0.117. The number of thiazole rings is 1. The average molecular weight is 568 g/mol. The number of fused-ring (bicyclic) bond motifs is 1. The molecule has 0 aliphatic carbocycles. The summed E-state index contributed by atoms with van der Waals surface area (Å²) in [5.74, 6) is 0.315. The number of H-pyrrole nitrogens is 1. The minimum atomic E-state index is -4.44. The molecule has 1 aliphatic heterocycles. The maximum atomic E-state index is 13.0. The number of rotatable bonds is 7. The van der Waals surface area contributed by atoms with E-state index in [-0.39, 0.29) is 23.8 Å². The van der Waals surface area contributed by atoms with Crippen LogP contribution >= 0.6 is 11.3 Å². The number of para-hydroxylation sites is 1. The van der Waals surface area contributed by atoms with E-state index in [0.717, 1.165) is 34.3 Å². The number of halogens is 3. The lowest BCUT2D eigenvalue weighted by atomic mass is 10.1. The molecule has 40 heavy (non-hydrogen) atoms. The number of piperazine rings is 1. The third-order valence-corrected chi connectivity index (χ3v) is 7.48. The minimum Gasteiger partial charge on any atom is -0.360 e. The number of nitrogens with one attached hydrogen (secondary N) is 2. The molecule has 1 fully saturated rings. The highest BCUT2D eigenvalue weighted by Crippen LogP contribution is 2.32. The van der Waals surface area contributed by atoms with E-state index in [0.29, 0.717) is 43.7 Å². The summed E-state index contributed by atoms with van der Waals surface area (Å²) >= 11 is 1.39. The van der Waals surface area contributed by atoms with Gasteiger partial charge in [-0.3, -0.25) is 14.6 Å². The summed E-state index contributed by atoms with van der Waals surface area (Å²) in [4.78, 5) is 29.0. The number of nitrogens with zero attached hydrogens (tertiary/aromatic N) is 5. The van der Waals surface area contributed by atoms with Gasteiger partial charge in [-0.05, 0) is 18.2 Å². The molecule has 0 atom stereocenters. The lowest BCUT2D eigenvalue weighted by Gasteiger charge is -2.33. The number of benzene rings is 2. The first-order chi connectivity index (χ1) is 19.3. The van der Waals surface area contributed by atoms with Gasteiger partial charge in [0, 0.05) is 59.8 Å². The van der Waals surface area contributed by atoms with Gasteiger partial charge in [0.2, 0.25) is 17.6 Å². The van der Waals surface area contributed by atoms with Gasteiger partial charge in [-0.1, -0.05) is 35.5 Å². The fourth-order valence-electron chi connectivity index (χ4n) is 4.67. The molecule has 0 bridgehead atoms. The number of aromatic amines is 1. The standard InChI is InChI=1S/C27H24F3N7O2S/c28-27(29,30)18-5-3-4-17(12-18)25-34-24(39-35-25)15-37-10-8-36(9-11-37)14-23(38)33-26-32-22(16-40-26)20-13-31-21-7-2-1-6-19(20)21/h1-7,12-13,16,31H,8-11,14-15H2,(H,32,33,38). The van der Waals surface area contributed by atoms with Gasteiger partial charge in [-0.15, -0.1) is 11.3 Å². The first kappa shape index (κ1) is 26.2. The third-order valence-electron chi connectivity index (χ3n) is 6.72. The lowest BCUT2D eigenvalue weighted by molar-refractivity contribution is -0.137. The molecule has 3 aromatic heterocycles. The van der Waals surface area contributed by atoms with Crippen LogP contribution in [0.5, 0.6) is 0 Å². The van der Waals surface area contributed by atoms with Crippen LogP contribution in [0.1, 0.15) is 11.5 Å². The maximum Gasteiger partial charge on any atom is 0.416 e. The molecule has 13 heteroatoms. The zero-order valence-electron chi connectivity index (χ0n) is 21.1. The summed E-state index contributed by atoms with van der Waals surface area (Å²) in [6, 6.07) is 12.8. The molecular weight excluding hydrogens is 543 g/mol. The van der Waals surface area contributed by atoms with Crippen molar-refractivity contribution in [1.29, 1.82) is 0 Å². The Morgan fingerprint density at radius 1 is 1.05 bits per heavy atom. The van der Waals surface area contributed by atoms with Gasteiger partial charge in [0.1, 0.15) is 0 Å². The zero-order chi connectivity index (χ0) is 27.7. The molecule has 4 heterocycles. The Labute approximate surface area is 230 Å². The van der Waals surface area contributed by atoms with Crippen LogP contribution in [0, 0.1) is 0 Å². The molecule has 206 valence electrons. The Hall–Kier alpha value is -4.07. The lowest BCUT2D eigenvalue weighted by Crippen LogP contribution is -2.48. The molecule has 1 aliphatic rings. The van der Waals surface area contributed by atoms with E-state index in [1.54, 1.807) is 0 Å². The van der Waals surface area contributed by atoms with Crippen LogP contribution in [-0.4, -0.2) is 68.5 Å². The molecule has 9 nitrogen and oxygen atoms in total. The van der Waals surface area contributed by atoms with Crippen LogP contribution in [0.15, 0.2) is 64.6 Å². The Morgan fingerprint density at radius 2 is 1.85 bits per heavy atom. The number of aromatic nitrogens is 4. The third kappa shape index (κ3) is 5.76. The summed E-state index contributed by atoms with van der Waals surface area (Å²) in [7, 11) is 0. The number of amides is 1. The highest BCUT2D eigenvalue weighted by molar-refractivity contribution is 7.14. The predicted octanol–water partition coefficient (Wildman–Crippen LogP) is 5.12. The summed E-state index contributed by atoms with van der Waals surface area (Å²) in [6.07, 6.45) is -2.52.